The fraction of sp³-hybridized carbons (Fsp3) is 0.200. The summed E-state index contributed by atoms with van der Waals surface area (Å²) < 4.78 is 0. The van der Waals surface area contributed by atoms with E-state index < -0.39 is 12.0 Å². The van der Waals surface area contributed by atoms with Crippen LogP contribution in [0, 0.1) is 5.92 Å². The van der Waals surface area contributed by atoms with Crippen molar-refractivity contribution in [1.29, 1.82) is 0 Å². The van der Waals surface area contributed by atoms with Crippen molar-refractivity contribution < 1.29 is 14.7 Å². The van der Waals surface area contributed by atoms with Crippen LogP contribution in [0.4, 0.5) is 11.4 Å². The average Bonchev–Trinajstić information content (AvgIpc) is 3.10. The van der Waals surface area contributed by atoms with Gasteiger partial charge in [-0.05, 0) is 48.4 Å². The first-order chi connectivity index (χ1) is 12.9. The first-order valence-electron chi connectivity index (χ1n) is 8.50. The molecule has 1 aliphatic heterocycles. The molecule has 0 unspecified atom stereocenters. The van der Waals surface area contributed by atoms with Crippen LogP contribution < -0.4 is 10.6 Å². The highest BCUT2D eigenvalue weighted by Crippen LogP contribution is 2.45. The van der Waals surface area contributed by atoms with E-state index in [9.17, 15) is 14.7 Å². The van der Waals surface area contributed by atoms with Gasteiger partial charge in [0.1, 0.15) is 6.04 Å². The number of hydrogen-bond donors (Lipinski definition) is 3. The van der Waals surface area contributed by atoms with Crippen molar-refractivity contribution in [3.8, 4) is 0 Å². The molecule has 0 saturated carbocycles. The molecule has 0 fully saturated rings. The van der Waals surface area contributed by atoms with Gasteiger partial charge in [-0.1, -0.05) is 35.4 Å². The molecule has 0 bridgehead atoms. The Hall–Kier alpha value is -2.50. The molecule has 0 aromatic heterocycles. The third-order valence-electron chi connectivity index (χ3n) is 5.06. The minimum Gasteiger partial charge on any atom is -0.480 e. The van der Waals surface area contributed by atoms with Gasteiger partial charge in [0, 0.05) is 28.2 Å². The Morgan fingerprint density at radius 1 is 1.15 bits per heavy atom. The monoisotopic (exact) mass is 402 g/mol. The van der Waals surface area contributed by atoms with Crippen molar-refractivity contribution in [3.63, 3.8) is 0 Å². The molecule has 0 spiro atoms. The molecule has 1 amide bonds. The van der Waals surface area contributed by atoms with Gasteiger partial charge >= 0.3 is 5.97 Å². The van der Waals surface area contributed by atoms with Crippen LogP contribution >= 0.6 is 23.2 Å². The number of carboxylic acids is 1. The second-order valence-electron chi connectivity index (χ2n) is 6.69. The van der Waals surface area contributed by atoms with Crippen LogP contribution in [0.25, 0.3) is 0 Å². The van der Waals surface area contributed by atoms with Crippen molar-refractivity contribution in [2.24, 2.45) is 5.92 Å². The summed E-state index contributed by atoms with van der Waals surface area (Å²) >= 11 is 12.0. The molecule has 3 N–H and O–H groups in total. The SMILES string of the molecule is O=C(Nc1ccc2c(c1)[C@H]1C=CC[C@@H]1[C@H](C(=O)O)N2)c1ccc(Cl)cc1Cl. The molecule has 2 aliphatic rings. The Labute approximate surface area is 166 Å². The molecule has 1 heterocycles. The molecule has 4 rings (SSSR count). The minimum absolute atomic E-state index is 0.0123. The maximum Gasteiger partial charge on any atom is 0.326 e. The molecular formula is C20H16Cl2N2O3. The van der Waals surface area contributed by atoms with E-state index >= 15 is 0 Å². The zero-order chi connectivity index (χ0) is 19.1. The number of rotatable bonds is 3. The van der Waals surface area contributed by atoms with Crippen LogP contribution in [0.1, 0.15) is 28.3 Å². The lowest BCUT2D eigenvalue weighted by molar-refractivity contribution is -0.139. The molecule has 3 atom stereocenters. The predicted molar refractivity (Wildman–Crippen MR) is 106 cm³/mol. The van der Waals surface area contributed by atoms with E-state index in [1.54, 1.807) is 24.3 Å². The van der Waals surface area contributed by atoms with Gasteiger partial charge in [-0.2, -0.15) is 0 Å². The number of anilines is 2. The third-order valence-corrected chi connectivity index (χ3v) is 5.61. The van der Waals surface area contributed by atoms with Gasteiger partial charge < -0.3 is 15.7 Å². The summed E-state index contributed by atoms with van der Waals surface area (Å²) in [5.41, 5.74) is 2.71. The van der Waals surface area contributed by atoms with Gasteiger partial charge in [0.05, 0.1) is 10.6 Å². The first-order valence-corrected chi connectivity index (χ1v) is 9.26. The van der Waals surface area contributed by atoms with Crippen LogP contribution in [-0.2, 0) is 4.79 Å². The number of hydrogen-bond acceptors (Lipinski definition) is 3. The van der Waals surface area contributed by atoms with E-state index in [4.69, 9.17) is 23.2 Å². The molecule has 138 valence electrons. The van der Waals surface area contributed by atoms with Gasteiger partial charge in [-0.15, -0.1) is 0 Å². The highest BCUT2D eigenvalue weighted by atomic mass is 35.5. The Balaban J connectivity index is 1.62. The molecule has 2 aromatic carbocycles. The zero-order valence-electron chi connectivity index (χ0n) is 14.1. The quantitative estimate of drug-likeness (QED) is 0.645. The summed E-state index contributed by atoms with van der Waals surface area (Å²) in [7, 11) is 0. The predicted octanol–water partition coefficient (Wildman–Crippen LogP) is 4.78. The fourth-order valence-electron chi connectivity index (χ4n) is 3.79. The molecule has 5 nitrogen and oxygen atoms in total. The number of benzene rings is 2. The Morgan fingerprint density at radius 3 is 2.70 bits per heavy atom. The van der Waals surface area contributed by atoms with E-state index in [0.717, 1.165) is 11.3 Å². The number of nitrogens with one attached hydrogen (secondary N) is 2. The van der Waals surface area contributed by atoms with E-state index in [-0.39, 0.29) is 22.8 Å². The van der Waals surface area contributed by atoms with Crippen LogP contribution in [0.2, 0.25) is 10.0 Å². The number of carbonyl (C=O) groups is 2. The minimum atomic E-state index is -0.853. The lowest BCUT2D eigenvalue weighted by Gasteiger charge is -2.35. The van der Waals surface area contributed by atoms with Gasteiger partial charge in [0.25, 0.3) is 5.91 Å². The second-order valence-corrected chi connectivity index (χ2v) is 7.54. The van der Waals surface area contributed by atoms with Crippen LogP contribution in [0.5, 0.6) is 0 Å². The Morgan fingerprint density at radius 2 is 1.96 bits per heavy atom. The molecule has 0 saturated heterocycles. The van der Waals surface area contributed by atoms with Crippen LogP contribution in [0.15, 0.2) is 48.6 Å². The summed E-state index contributed by atoms with van der Waals surface area (Å²) in [5, 5.41) is 16.2. The van der Waals surface area contributed by atoms with Gasteiger partial charge in [-0.25, -0.2) is 4.79 Å². The van der Waals surface area contributed by atoms with Crippen molar-refractivity contribution in [1.82, 2.24) is 0 Å². The van der Waals surface area contributed by atoms with Crippen LogP contribution in [-0.4, -0.2) is 23.0 Å². The maximum atomic E-state index is 12.5. The normalized spacial score (nSPS) is 22.5. The number of fused-ring (bicyclic) bond motifs is 3. The van der Waals surface area contributed by atoms with E-state index in [1.165, 1.54) is 6.07 Å². The fourth-order valence-corrected chi connectivity index (χ4v) is 4.28. The highest BCUT2D eigenvalue weighted by molar-refractivity contribution is 6.37. The van der Waals surface area contributed by atoms with Crippen molar-refractivity contribution in [3.05, 3.63) is 69.7 Å². The number of amides is 1. The standard InChI is InChI=1S/C20H16Cl2N2O3/c21-10-4-6-14(16(22)8-10)19(25)23-11-5-7-17-15(9-11)12-2-1-3-13(12)18(24-17)20(26)27/h1-2,4-9,12-13,18,24H,3H2,(H,23,25)(H,26,27)/t12-,13-,18+/m0/s1. The molecule has 0 radical (unpaired) electrons. The summed E-state index contributed by atoms with van der Waals surface area (Å²) in [4.78, 5) is 24.1. The summed E-state index contributed by atoms with van der Waals surface area (Å²) in [5.74, 6) is -1.21. The maximum absolute atomic E-state index is 12.5. The van der Waals surface area contributed by atoms with Gasteiger partial charge in [0.15, 0.2) is 0 Å². The Kier molecular flexibility index (Phi) is 4.58. The number of carboxylic acid groups (broad SMARTS) is 1. The number of halogens is 2. The lowest BCUT2D eigenvalue weighted by atomic mass is 9.79. The number of aliphatic carboxylic acids is 1. The van der Waals surface area contributed by atoms with E-state index in [1.807, 2.05) is 18.2 Å². The molecular weight excluding hydrogens is 387 g/mol. The number of allylic oxidation sites excluding steroid dienone is 2. The van der Waals surface area contributed by atoms with Crippen LogP contribution in [0.3, 0.4) is 0 Å². The smallest absolute Gasteiger partial charge is 0.326 e. The summed E-state index contributed by atoms with van der Waals surface area (Å²) in [6.45, 7) is 0. The van der Waals surface area contributed by atoms with Gasteiger partial charge in [-0.3, -0.25) is 4.79 Å². The van der Waals surface area contributed by atoms with Crippen molar-refractivity contribution in [2.75, 3.05) is 10.6 Å². The Bertz CT molecular complexity index is 974. The number of carbonyl (C=O) groups excluding carboxylic acids is 1. The largest absolute Gasteiger partial charge is 0.480 e. The molecule has 1 aliphatic carbocycles. The highest BCUT2D eigenvalue weighted by Gasteiger charge is 2.40. The average molecular weight is 403 g/mol. The van der Waals surface area contributed by atoms with Crippen molar-refractivity contribution >= 4 is 46.5 Å². The molecule has 27 heavy (non-hydrogen) atoms. The lowest BCUT2D eigenvalue weighted by Crippen LogP contribution is -2.41. The van der Waals surface area contributed by atoms with Crippen molar-refractivity contribution in [2.45, 2.75) is 18.4 Å². The zero-order valence-corrected chi connectivity index (χ0v) is 15.6. The topological polar surface area (TPSA) is 78.4 Å². The third kappa shape index (κ3) is 3.29. The van der Waals surface area contributed by atoms with Gasteiger partial charge in [0.2, 0.25) is 0 Å². The summed E-state index contributed by atoms with van der Waals surface area (Å²) in [6.07, 6.45) is 4.77. The molecule has 7 heteroatoms. The second kappa shape index (κ2) is 6.91. The molecule has 2 aromatic rings. The van der Waals surface area contributed by atoms with E-state index in [0.29, 0.717) is 22.7 Å². The first kappa shape index (κ1) is 17.9. The summed E-state index contributed by atoms with van der Waals surface area (Å²) in [6, 6.07) is 9.51. The van der Waals surface area contributed by atoms with E-state index in [2.05, 4.69) is 10.6 Å².